The van der Waals surface area contributed by atoms with Crippen LogP contribution in [0.15, 0.2) is 24.3 Å². The molecule has 0 bridgehead atoms. The highest BCUT2D eigenvalue weighted by Crippen LogP contribution is 2.28. The molecule has 2 saturated heterocycles. The molecule has 4 amide bonds. The van der Waals surface area contributed by atoms with E-state index in [1.54, 1.807) is 13.8 Å². The SMILES string of the molecule is Cc1cccc([C@@H]2CCCN(C(=O)CN3C(=O)NC(=O)C3(C)C)C2)c1. The summed E-state index contributed by atoms with van der Waals surface area (Å²) in [6, 6.07) is 7.92. The van der Waals surface area contributed by atoms with Gasteiger partial charge in [-0.1, -0.05) is 29.8 Å². The summed E-state index contributed by atoms with van der Waals surface area (Å²) in [4.78, 5) is 39.7. The molecule has 2 fully saturated rings. The van der Waals surface area contributed by atoms with E-state index >= 15 is 0 Å². The number of benzene rings is 1. The van der Waals surface area contributed by atoms with Crippen molar-refractivity contribution >= 4 is 17.8 Å². The fourth-order valence-electron chi connectivity index (χ4n) is 3.60. The summed E-state index contributed by atoms with van der Waals surface area (Å²) in [6.45, 7) is 6.68. The summed E-state index contributed by atoms with van der Waals surface area (Å²) in [5.74, 6) is -0.142. The monoisotopic (exact) mass is 343 g/mol. The minimum Gasteiger partial charge on any atom is -0.341 e. The number of piperidine rings is 1. The van der Waals surface area contributed by atoms with Crippen molar-refractivity contribution in [2.45, 2.75) is 45.1 Å². The minimum atomic E-state index is -0.988. The number of imide groups is 1. The molecule has 6 nitrogen and oxygen atoms in total. The fourth-order valence-corrected chi connectivity index (χ4v) is 3.60. The first kappa shape index (κ1) is 17.5. The van der Waals surface area contributed by atoms with Gasteiger partial charge in [-0.2, -0.15) is 0 Å². The Balaban J connectivity index is 1.68. The molecular weight excluding hydrogens is 318 g/mol. The van der Waals surface area contributed by atoms with E-state index in [0.717, 1.165) is 12.8 Å². The molecule has 0 unspecified atom stereocenters. The van der Waals surface area contributed by atoms with Gasteiger partial charge < -0.3 is 9.80 Å². The van der Waals surface area contributed by atoms with Crippen molar-refractivity contribution in [2.75, 3.05) is 19.6 Å². The molecule has 1 aromatic carbocycles. The fraction of sp³-hybridized carbons (Fsp3) is 0.526. The second-order valence-electron chi connectivity index (χ2n) is 7.50. The number of amides is 4. The van der Waals surface area contributed by atoms with Gasteiger partial charge in [-0.3, -0.25) is 14.9 Å². The standard InChI is InChI=1S/C19H25N3O3/c1-13-6-4-7-14(10-13)15-8-5-9-21(11-15)16(23)12-22-18(25)20-17(24)19(22,2)3/h4,6-7,10,15H,5,8-9,11-12H2,1-3H3,(H,20,24,25)/t15-/m1/s1. The number of nitrogens with one attached hydrogen (secondary N) is 1. The average Bonchev–Trinajstić information content (AvgIpc) is 2.77. The van der Waals surface area contributed by atoms with Crippen molar-refractivity contribution in [3.05, 3.63) is 35.4 Å². The molecule has 1 atom stereocenters. The maximum absolute atomic E-state index is 12.7. The summed E-state index contributed by atoms with van der Waals surface area (Å²) >= 11 is 0. The molecule has 3 rings (SSSR count). The largest absolute Gasteiger partial charge is 0.341 e. The maximum atomic E-state index is 12.7. The molecule has 2 heterocycles. The van der Waals surface area contributed by atoms with E-state index in [2.05, 4.69) is 30.4 Å². The van der Waals surface area contributed by atoms with Crippen LogP contribution in [0.25, 0.3) is 0 Å². The van der Waals surface area contributed by atoms with Gasteiger partial charge in [0.05, 0.1) is 0 Å². The van der Waals surface area contributed by atoms with Crippen LogP contribution in [0.1, 0.15) is 43.7 Å². The summed E-state index contributed by atoms with van der Waals surface area (Å²) in [5.41, 5.74) is 1.49. The predicted octanol–water partition coefficient (Wildman–Crippen LogP) is 2.03. The van der Waals surface area contributed by atoms with Crippen LogP contribution < -0.4 is 5.32 Å². The first-order valence-corrected chi connectivity index (χ1v) is 8.76. The van der Waals surface area contributed by atoms with Crippen LogP contribution >= 0.6 is 0 Å². The van der Waals surface area contributed by atoms with Crippen molar-refractivity contribution < 1.29 is 14.4 Å². The van der Waals surface area contributed by atoms with Crippen LogP contribution in [-0.2, 0) is 9.59 Å². The van der Waals surface area contributed by atoms with E-state index in [1.807, 2.05) is 11.0 Å². The second kappa shape index (κ2) is 6.50. The highest BCUT2D eigenvalue weighted by Gasteiger charge is 2.46. The number of aryl methyl sites for hydroxylation is 1. The zero-order valence-corrected chi connectivity index (χ0v) is 15.0. The third kappa shape index (κ3) is 3.38. The van der Waals surface area contributed by atoms with Gasteiger partial charge in [0.1, 0.15) is 12.1 Å². The number of carbonyl (C=O) groups excluding carboxylic acids is 3. The molecule has 0 spiro atoms. The molecule has 1 aromatic rings. The highest BCUT2D eigenvalue weighted by molar-refractivity contribution is 6.07. The Kier molecular flexibility index (Phi) is 4.54. The predicted molar refractivity (Wildman–Crippen MR) is 94.1 cm³/mol. The van der Waals surface area contributed by atoms with E-state index in [-0.39, 0.29) is 18.4 Å². The number of hydrogen-bond acceptors (Lipinski definition) is 3. The van der Waals surface area contributed by atoms with E-state index in [4.69, 9.17) is 0 Å². The van der Waals surface area contributed by atoms with Crippen LogP contribution in [0, 0.1) is 6.92 Å². The van der Waals surface area contributed by atoms with Crippen molar-refractivity contribution in [2.24, 2.45) is 0 Å². The number of nitrogens with zero attached hydrogens (tertiary/aromatic N) is 2. The van der Waals surface area contributed by atoms with Crippen molar-refractivity contribution in [3.8, 4) is 0 Å². The van der Waals surface area contributed by atoms with Crippen molar-refractivity contribution in [1.82, 2.24) is 15.1 Å². The van der Waals surface area contributed by atoms with Crippen molar-refractivity contribution in [1.29, 1.82) is 0 Å². The molecule has 0 aromatic heterocycles. The molecule has 2 aliphatic rings. The Morgan fingerprint density at radius 3 is 2.72 bits per heavy atom. The smallest absolute Gasteiger partial charge is 0.325 e. The van der Waals surface area contributed by atoms with E-state index in [9.17, 15) is 14.4 Å². The normalized spacial score (nSPS) is 22.9. The quantitative estimate of drug-likeness (QED) is 0.854. The van der Waals surface area contributed by atoms with Gasteiger partial charge in [-0.15, -0.1) is 0 Å². The van der Waals surface area contributed by atoms with E-state index in [1.165, 1.54) is 16.0 Å². The molecule has 0 saturated carbocycles. The number of urea groups is 1. The van der Waals surface area contributed by atoms with E-state index < -0.39 is 11.6 Å². The topological polar surface area (TPSA) is 69.7 Å². The van der Waals surface area contributed by atoms with Gasteiger partial charge in [-0.25, -0.2) is 4.79 Å². The molecule has 0 aliphatic carbocycles. The Bertz CT molecular complexity index is 714. The molecule has 0 radical (unpaired) electrons. The van der Waals surface area contributed by atoms with Crippen LogP contribution in [0.5, 0.6) is 0 Å². The van der Waals surface area contributed by atoms with Gasteiger partial charge in [0.25, 0.3) is 5.91 Å². The van der Waals surface area contributed by atoms with Crippen LogP contribution in [0.3, 0.4) is 0 Å². The van der Waals surface area contributed by atoms with Gasteiger partial charge in [-0.05, 0) is 39.2 Å². The lowest BCUT2D eigenvalue weighted by Gasteiger charge is -2.35. The summed E-state index contributed by atoms with van der Waals surface area (Å²) in [6.07, 6.45) is 2.00. The Labute approximate surface area is 148 Å². The third-order valence-corrected chi connectivity index (χ3v) is 5.28. The van der Waals surface area contributed by atoms with Gasteiger partial charge >= 0.3 is 6.03 Å². The highest BCUT2D eigenvalue weighted by atomic mass is 16.2. The van der Waals surface area contributed by atoms with Crippen LogP contribution in [0.2, 0.25) is 0 Å². The third-order valence-electron chi connectivity index (χ3n) is 5.28. The van der Waals surface area contributed by atoms with E-state index in [0.29, 0.717) is 19.0 Å². The Hall–Kier alpha value is -2.37. The zero-order chi connectivity index (χ0) is 18.2. The number of rotatable bonds is 3. The first-order valence-electron chi connectivity index (χ1n) is 8.76. The average molecular weight is 343 g/mol. The molecule has 25 heavy (non-hydrogen) atoms. The summed E-state index contributed by atoms with van der Waals surface area (Å²) < 4.78 is 0. The Morgan fingerprint density at radius 1 is 1.32 bits per heavy atom. The number of hydrogen-bond donors (Lipinski definition) is 1. The second-order valence-corrected chi connectivity index (χ2v) is 7.50. The van der Waals surface area contributed by atoms with Gasteiger partial charge in [0, 0.05) is 19.0 Å². The molecule has 134 valence electrons. The summed E-state index contributed by atoms with van der Waals surface area (Å²) in [7, 11) is 0. The van der Waals surface area contributed by atoms with Gasteiger partial charge in [0.15, 0.2) is 0 Å². The lowest BCUT2D eigenvalue weighted by Crippen LogP contribution is -2.51. The van der Waals surface area contributed by atoms with Crippen molar-refractivity contribution in [3.63, 3.8) is 0 Å². The van der Waals surface area contributed by atoms with Gasteiger partial charge in [0.2, 0.25) is 5.91 Å². The number of likely N-dealkylation sites (tertiary alicyclic amines) is 1. The zero-order valence-electron chi connectivity index (χ0n) is 15.0. The van der Waals surface area contributed by atoms with Crippen LogP contribution in [0.4, 0.5) is 4.79 Å². The minimum absolute atomic E-state index is 0.0644. The lowest BCUT2D eigenvalue weighted by atomic mass is 9.90. The maximum Gasteiger partial charge on any atom is 0.325 e. The molecule has 6 heteroatoms. The molecule has 2 aliphatic heterocycles. The number of carbonyl (C=O) groups is 3. The Morgan fingerprint density at radius 2 is 2.08 bits per heavy atom. The lowest BCUT2D eigenvalue weighted by molar-refractivity contribution is -0.134. The first-order chi connectivity index (χ1) is 11.8. The summed E-state index contributed by atoms with van der Waals surface area (Å²) in [5, 5.41) is 2.28. The molecular formula is C19H25N3O3. The van der Waals surface area contributed by atoms with Crippen LogP contribution in [-0.4, -0.2) is 52.8 Å². The molecule has 1 N–H and O–H groups in total.